The van der Waals surface area contributed by atoms with E-state index in [0.717, 1.165) is 0 Å². The smallest absolute Gasteiger partial charge is 0.201 e. The van der Waals surface area contributed by atoms with Crippen LogP contribution in [0.5, 0.6) is 11.5 Å². The van der Waals surface area contributed by atoms with Gasteiger partial charge in [-0.3, -0.25) is 0 Å². The first-order valence-corrected chi connectivity index (χ1v) is 11.4. The van der Waals surface area contributed by atoms with Gasteiger partial charge in [-0.2, -0.15) is 4.39 Å². The lowest BCUT2D eigenvalue weighted by Crippen LogP contribution is -2.18. The van der Waals surface area contributed by atoms with Gasteiger partial charge in [-0.1, -0.05) is 24.3 Å². The lowest BCUT2D eigenvalue weighted by molar-refractivity contribution is 0.122. The summed E-state index contributed by atoms with van der Waals surface area (Å²) in [6.45, 7) is 1.72. The molecular weight excluding hydrogens is 448 g/mol. The van der Waals surface area contributed by atoms with Crippen molar-refractivity contribution in [3.8, 4) is 22.6 Å². The Morgan fingerprint density at radius 1 is 0.765 bits per heavy atom. The van der Waals surface area contributed by atoms with E-state index in [1.165, 1.54) is 18.2 Å². The topological polar surface area (TPSA) is 38.7 Å². The molecule has 3 aromatic carbocycles. The molecule has 0 bridgehead atoms. The third-order valence-electron chi connectivity index (χ3n) is 6.24. The molecule has 0 amide bonds. The maximum atomic E-state index is 14.7. The van der Waals surface area contributed by atoms with Crippen molar-refractivity contribution in [2.24, 2.45) is 0 Å². The Balaban J connectivity index is 1.44. The average Bonchev–Trinajstić information content (AvgIpc) is 2.84. The van der Waals surface area contributed by atoms with Crippen LogP contribution in [0.3, 0.4) is 0 Å². The van der Waals surface area contributed by atoms with Crippen molar-refractivity contribution in [1.82, 2.24) is 0 Å². The van der Waals surface area contributed by atoms with E-state index >= 15 is 0 Å². The molecule has 3 aromatic rings. The van der Waals surface area contributed by atoms with Crippen molar-refractivity contribution < 1.29 is 32.1 Å². The normalized spacial score (nSPS) is 18.1. The van der Waals surface area contributed by atoms with Crippen LogP contribution in [0.15, 0.2) is 48.5 Å². The number of halogens is 4. The van der Waals surface area contributed by atoms with Crippen molar-refractivity contribution in [3.05, 3.63) is 82.9 Å². The zero-order chi connectivity index (χ0) is 24.2. The molecular formula is C27H26F4O3. The molecule has 1 saturated carbocycles. The zero-order valence-corrected chi connectivity index (χ0v) is 18.8. The highest BCUT2D eigenvalue weighted by Gasteiger charge is 2.25. The fourth-order valence-corrected chi connectivity index (χ4v) is 4.33. The maximum Gasteiger partial charge on any atom is 0.201 e. The molecule has 1 aliphatic carbocycles. The summed E-state index contributed by atoms with van der Waals surface area (Å²) in [6.07, 6.45) is 2.05. The number of hydrogen-bond donors (Lipinski definition) is 1. The Hall–Kier alpha value is -3.06. The first kappa shape index (κ1) is 24.1. The Morgan fingerprint density at radius 2 is 1.47 bits per heavy atom. The fourth-order valence-electron chi connectivity index (χ4n) is 4.33. The molecule has 0 unspecified atom stereocenters. The quantitative estimate of drug-likeness (QED) is 0.378. The number of rotatable bonds is 7. The molecule has 7 heteroatoms. The maximum absolute atomic E-state index is 14.7. The highest BCUT2D eigenvalue weighted by Crippen LogP contribution is 2.36. The minimum atomic E-state index is -1.05. The van der Waals surface area contributed by atoms with Crippen LogP contribution in [0.2, 0.25) is 0 Å². The second-order valence-corrected chi connectivity index (χ2v) is 8.43. The van der Waals surface area contributed by atoms with Gasteiger partial charge in [0.05, 0.1) is 12.7 Å². The van der Waals surface area contributed by atoms with Crippen molar-refractivity contribution in [1.29, 1.82) is 0 Å². The van der Waals surface area contributed by atoms with Crippen LogP contribution < -0.4 is 9.47 Å². The van der Waals surface area contributed by atoms with E-state index in [1.54, 1.807) is 37.3 Å². The molecule has 0 heterocycles. The summed E-state index contributed by atoms with van der Waals surface area (Å²) in [5, 5.41) is 9.63. The average molecular weight is 474 g/mol. The monoisotopic (exact) mass is 474 g/mol. The standard InChI is InChI=1S/C27H26F4O3/c1-2-33-23-14-13-22(26(30)27(23)31)17-5-10-20(11-6-17)34-15-18-7-12-21(25(29)24(18)28)16-3-8-19(32)9-4-16/h5-7,10-14,16,19,32H,2-4,8-9,15H2,1H3. The first-order valence-electron chi connectivity index (χ1n) is 11.4. The molecule has 0 saturated heterocycles. The molecule has 0 atom stereocenters. The van der Waals surface area contributed by atoms with E-state index in [1.807, 2.05) is 0 Å². The van der Waals surface area contributed by atoms with Gasteiger partial charge < -0.3 is 14.6 Å². The van der Waals surface area contributed by atoms with Crippen molar-refractivity contribution >= 4 is 0 Å². The van der Waals surface area contributed by atoms with Gasteiger partial charge in [0.1, 0.15) is 12.4 Å². The molecule has 0 aromatic heterocycles. The third-order valence-corrected chi connectivity index (χ3v) is 6.24. The Bertz CT molecular complexity index is 1140. The van der Waals surface area contributed by atoms with Gasteiger partial charge in [0.25, 0.3) is 0 Å². The largest absolute Gasteiger partial charge is 0.491 e. The van der Waals surface area contributed by atoms with Gasteiger partial charge in [0.2, 0.25) is 5.82 Å². The van der Waals surface area contributed by atoms with E-state index in [4.69, 9.17) is 9.47 Å². The Kier molecular flexibility index (Phi) is 7.41. The van der Waals surface area contributed by atoms with Crippen LogP contribution in [-0.4, -0.2) is 17.8 Å². The Labute approximate surface area is 196 Å². The van der Waals surface area contributed by atoms with Crippen LogP contribution in [0.4, 0.5) is 17.6 Å². The van der Waals surface area contributed by atoms with Crippen molar-refractivity contribution in [2.45, 2.75) is 51.2 Å². The van der Waals surface area contributed by atoms with Gasteiger partial charge in [0, 0.05) is 11.1 Å². The van der Waals surface area contributed by atoms with Crippen LogP contribution in [0.25, 0.3) is 11.1 Å². The minimum Gasteiger partial charge on any atom is -0.491 e. The molecule has 3 nitrogen and oxygen atoms in total. The van der Waals surface area contributed by atoms with E-state index < -0.39 is 23.3 Å². The van der Waals surface area contributed by atoms with Gasteiger partial charge in [0.15, 0.2) is 23.2 Å². The molecule has 4 rings (SSSR count). The summed E-state index contributed by atoms with van der Waals surface area (Å²) in [5.74, 6) is -3.74. The summed E-state index contributed by atoms with van der Waals surface area (Å²) >= 11 is 0. The molecule has 180 valence electrons. The number of ether oxygens (including phenoxy) is 2. The summed E-state index contributed by atoms with van der Waals surface area (Å²) in [7, 11) is 0. The summed E-state index contributed by atoms with van der Waals surface area (Å²) < 4.78 is 68.6. The van der Waals surface area contributed by atoms with Gasteiger partial charge >= 0.3 is 0 Å². The highest BCUT2D eigenvalue weighted by atomic mass is 19.2. The van der Waals surface area contributed by atoms with Crippen LogP contribution >= 0.6 is 0 Å². The van der Waals surface area contributed by atoms with E-state index in [2.05, 4.69) is 0 Å². The molecule has 1 N–H and O–H groups in total. The highest BCUT2D eigenvalue weighted by molar-refractivity contribution is 5.66. The Morgan fingerprint density at radius 3 is 2.15 bits per heavy atom. The summed E-state index contributed by atoms with van der Waals surface area (Å²) in [6, 6.07) is 12.1. The van der Waals surface area contributed by atoms with Crippen molar-refractivity contribution in [3.63, 3.8) is 0 Å². The zero-order valence-electron chi connectivity index (χ0n) is 18.8. The van der Waals surface area contributed by atoms with Gasteiger partial charge in [-0.05, 0) is 73.9 Å². The second-order valence-electron chi connectivity index (χ2n) is 8.43. The number of aliphatic hydroxyl groups excluding tert-OH is 1. The molecule has 1 fully saturated rings. The lowest BCUT2D eigenvalue weighted by atomic mass is 9.82. The van der Waals surface area contributed by atoms with Crippen LogP contribution in [0, 0.1) is 23.3 Å². The van der Waals surface area contributed by atoms with E-state index in [9.17, 15) is 22.7 Å². The molecule has 1 aliphatic rings. The molecule has 34 heavy (non-hydrogen) atoms. The van der Waals surface area contributed by atoms with E-state index in [-0.39, 0.29) is 42.1 Å². The second kappa shape index (κ2) is 10.5. The van der Waals surface area contributed by atoms with Crippen molar-refractivity contribution in [2.75, 3.05) is 6.61 Å². The molecule has 0 spiro atoms. The van der Waals surface area contributed by atoms with Gasteiger partial charge in [-0.25, -0.2) is 13.2 Å². The third kappa shape index (κ3) is 5.04. The number of hydrogen-bond acceptors (Lipinski definition) is 3. The van der Waals surface area contributed by atoms with Gasteiger partial charge in [-0.15, -0.1) is 0 Å². The first-order chi connectivity index (χ1) is 16.4. The van der Waals surface area contributed by atoms with Crippen LogP contribution in [-0.2, 0) is 6.61 Å². The molecule has 0 radical (unpaired) electrons. The summed E-state index contributed by atoms with van der Waals surface area (Å²) in [4.78, 5) is 0. The van der Waals surface area contributed by atoms with E-state index in [0.29, 0.717) is 42.6 Å². The molecule has 0 aliphatic heterocycles. The summed E-state index contributed by atoms with van der Waals surface area (Å²) in [5.41, 5.74) is 0.931. The minimum absolute atomic E-state index is 0.0754. The predicted molar refractivity (Wildman–Crippen MR) is 121 cm³/mol. The number of benzene rings is 3. The fraction of sp³-hybridized carbons (Fsp3) is 0.333. The van der Waals surface area contributed by atoms with Crippen LogP contribution in [0.1, 0.15) is 49.7 Å². The SMILES string of the molecule is CCOc1ccc(-c2ccc(OCc3ccc(C4CCC(O)CC4)c(F)c3F)cc2)c(F)c1F. The lowest BCUT2D eigenvalue weighted by Gasteiger charge is -2.26. The number of aliphatic hydroxyl groups is 1. The predicted octanol–water partition coefficient (Wildman–Crippen LogP) is 6.91.